The molecule has 7 heteroatoms. The fraction of sp³-hybridized carbons (Fsp3) is 0.222. The number of carboxylic acid groups (broad SMARTS) is 1. The fourth-order valence-corrected chi connectivity index (χ4v) is 1.15. The van der Waals surface area contributed by atoms with Gasteiger partial charge in [0.15, 0.2) is 0 Å². The van der Waals surface area contributed by atoms with Crippen LogP contribution in [0.5, 0.6) is 0 Å². The molecule has 0 fully saturated rings. The first-order valence-corrected chi connectivity index (χ1v) is 4.22. The van der Waals surface area contributed by atoms with E-state index in [9.17, 15) is 14.9 Å². The monoisotopic (exact) mass is 246 g/mol. The Morgan fingerprint density at radius 2 is 1.94 bits per heavy atom. The second kappa shape index (κ2) is 6.04. The first kappa shape index (κ1) is 14.3. The fourth-order valence-electron chi connectivity index (χ4n) is 1.15. The highest BCUT2D eigenvalue weighted by Crippen LogP contribution is 2.18. The summed E-state index contributed by atoms with van der Waals surface area (Å²) in [5, 5.41) is 18.8. The number of benzene rings is 1. The third-order valence-corrected chi connectivity index (χ3v) is 1.93. The number of rotatable bonds is 4. The van der Waals surface area contributed by atoms with Gasteiger partial charge in [0.2, 0.25) is 0 Å². The molecular weight excluding hydrogens is 236 g/mol. The van der Waals surface area contributed by atoms with E-state index < -0.39 is 16.9 Å². The molecule has 0 saturated carbocycles. The number of carboxylic acids is 1. The van der Waals surface area contributed by atoms with Crippen molar-refractivity contribution in [3.05, 3.63) is 39.9 Å². The molecule has 0 bridgehead atoms. The number of nitrogens with two attached hydrogens (primary N) is 1. The van der Waals surface area contributed by atoms with Crippen LogP contribution in [0.15, 0.2) is 24.3 Å². The molecular formula is C9H11ClN2O4. The van der Waals surface area contributed by atoms with Gasteiger partial charge in [-0.2, -0.15) is 0 Å². The highest BCUT2D eigenvalue weighted by molar-refractivity contribution is 5.85. The molecule has 3 N–H and O–H groups in total. The molecule has 0 saturated heterocycles. The van der Waals surface area contributed by atoms with E-state index in [1.54, 1.807) is 0 Å². The van der Waals surface area contributed by atoms with Crippen molar-refractivity contribution >= 4 is 24.1 Å². The molecule has 1 aromatic carbocycles. The normalized spacial score (nSPS) is 11.3. The molecule has 1 aromatic rings. The zero-order valence-electron chi connectivity index (χ0n) is 8.20. The maximum Gasteiger partial charge on any atom is 0.305 e. The Kier molecular flexibility index (Phi) is 5.41. The van der Waals surface area contributed by atoms with E-state index in [2.05, 4.69) is 0 Å². The van der Waals surface area contributed by atoms with Crippen molar-refractivity contribution in [1.29, 1.82) is 0 Å². The summed E-state index contributed by atoms with van der Waals surface area (Å²) in [7, 11) is 0. The molecule has 0 radical (unpaired) electrons. The van der Waals surface area contributed by atoms with Crippen LogP contribution in [0.2, 0.25) is 0 Å². The quantitative estimate of drug-likeness (QED) is 0.618. The third kappa shape index (κ3) is 3.84. The number of nitro groups is 1. The average molecular weight is 247 g/mol. The minimum Gasteiger partial charge on any atom is -0.481 e. The van der Waals surface area contributed by atoms with E-state index >= 15 is 0 Å². The van der Waals surface area contributed by atoms with E-state index in [1.165, 1.54) is 24.3 Å². The molecule has 0 aliphatic rings. The van der Waals surface area contributed by atoms with Crippen molar-refractivity contribution in [3.8, 4) is 0 Å². The van der Waals surface area contributed by atoms with Gasteiger partial charge in [0.25, 0.3) is 5.69 Å². The molecule has 1 rings (SSSR count). The van der Waals surface area contributed by atoms with Crippen LogP contribution in [0.1, 0.15) is 18.0 Å². The molecule has 1 atom stereocenters. The van der Waals surface area contributed by atoms with Crippen molar-refractivity contribution in [1.82, 2.24) is 0 Å². The number of halogens is 1. The van der Waals surface area contributed by atoms with Crippen LogP contribution in [0, 0.1) is 10.1 Å². The lowest BCUT2D eigenvalue weighted by Crippen LogP contribution is -2.14. The summed E-state index contributed by atoms with van der Waals surface area (Å²) in [6.07, 6.45) is -0.197. The zero-order chi connectivity index (χ0) is 11.4. The SMILES string of the molecule is Cl.N[C@H](CC(=O)O)c1ccc([N+](=O)[O-])cc1. The summed E-state index contributed by atoms with van der Waals surface area (Å²) in [4.78, 5) is 20.2. The first-order chi connectivity index (χ1) is 7.00. The maximum atomic E-state index is 10.4. The van der Waals surface area contributed by atoms with E-state index in [-0.39, 0.29) is 24.5 Å². The highest BCUT2D eigenvalue weighted by Gasteiger charge is 2.12. The number of nitrogens with zero attached hydrogens (tertiary/aromatic N) is 1. The second-order valence-corrected chi connectivity index (χ2v) is 3.05. The van der Waals surface area contributed by atoms with Crippen molar-refractivity contribution in [2.45, 2.75) is 12.5 Å². The first-order valence-electron chi connectivity index (χ1n) is 4.22. The van der Waals surface area contributed by atoms with Crippen molar-refractivity contribution in [2.24, 2.45) is 5.73 Å². The molecule has 16 heavy (non-hydrogen) atoms. The predicted molar refractivity (Wildman–Crippen MR) is 59.5 cm³/mol. The average Bonchev–Trinajstić information content (AvgIpc) is 2.17. The molecule has 0 aliphatic carbocycles. The number of non-ortho nitro benzene ring substituents is 1. The van der Waals surface area contributed by atoms with Gasteiger partial charge in [0, 0.05) is 18.2 Å². The van der Waals surface area contributed by atoms with Crippen LogP contribution in [0.4, 0.5) is 5.69 Å². The van der Waals surface area contributed by atoms with Crippen LogP contribution < -0.4 is 5.73 Å². The summed E-state index contributed by atoms with van der Waals surface area (Å²) in [5.41, 5.74) is 6.10. The largest absolute Gasteiger partial charge is 0.481 e. The summed E-state index contributed by atoms with van der Waals surface area (Å²) in [5.74, 6) is -0.999. The van der Waals surface area contributed by atoms with Crippen LogP contribution in [-0.2, 0) is 4.79 Å². The smallest absolute Gasteiger partial charge is 0.305 e. The van der Waals surface area contributed by atoms with Crippen LogP contribution in [0.3, 0.4) is 0 Å². The highest BCUT2D eigenvalue weighted by atomic mass is 35.5. The van der Waals surface area contributed by atoms with Crippen LogP contribution >= 0.6 is 12.4 Å². The standard InChI is InChI=1S/C9H10N2O4.ClH/c10-8(5-9(12)13)6-1-3-7(4-2-6)11(14)15;/h1-4,8H,5,10H2,(H,12,13);1H/t8-;/m1./s1. The number of nitro benzene ring substituents is 1. The lowest BCUT2D eigenvalue weighted by molar-refractivity contribution is -0.384. The minimum atomic E-state index is -0.999. The number of hydrogen-bond acceptors (Lipinski definition) is 4. The Balaban J connectivity index is 0.00000225. The van der Waals surface area contributed by atoms with Gasteiger partial charge in [-0.1, -0.05) is 12.1 Å². The molecule has 6 nitrogen and oxygen atoms in total. The van der Waals surface area contributed by atoms with Gasteiger partial charge in [-0.25, -0.2) is 0 Å². The topological polar surface area (TPSA) is 106 Å². The Morgan fingerprint density at radius 3 is 2.31 bits per heavy atom. The van der Waals surface area contributed by atoms with Gasteiger partial charge in [-0.3, -0.25) is 14.9 Å². The molecule has 0 unspecified atom stereocenters. The Hall–Kier alpha value is -1.66. The van der Waals surface area contributed by atoms with Gasteiger partial charge < -0.3 is 10.8 Å². The Bertz CT molecular complexity index is 380. The number of carbonyl (C=O) groups is 1. The van der Waals surface area contributed by atoms with E-state index in [1.807, 2.05) is 0 Å². The summed E-state index contributed by atoms with van der Waals surface area (Å²) >= 11 is 0. The summed E-state index contributed by atoms with van der Waals surface area (Å²) in [6, 6.07) is 4.90. The van der Waals surface area contributed by atoms with E-state index in [0.717, 1.165) is 0 Å². The van der Waals surface area contributed by atoms with Gasteiger partial charge in [-0.05, 0) is 5.56 Å². The van der Waals surface area contributed by atoms with Crippen molar-refractivity contribution < 1.29 is 14.8 Å². The van der Waals surface area contributed by atoms with E-state index in [4.69, 9.17) is 10.8 Å². The van der Waals surface area contributed by atoms with Gasteiger partial charge in [0.1, 0.15) is 0 Å². The minimum absolute atomic E-state index is 0. The zero-order valence-corrected chi connectivity index (χ0v) is 9.02. The molecule has 0 aliphatic heterocycles. The van der Waals surface area contributed by atoms with Crippen molar-refractivity contribution in [3.63, 3.8) is 0 Å². The van der Waals surface area contributed by atoms with Gasteiger partial charge in [0.05, 0.1) is 11.3 Å². The van der Waals surface area contributed by atoms with Crippen LogP contribution in [0.25, 0.3) is 0 Å². The second-order valence-electron chi connectivity index (χ2n) is 3.05. The maximum absolute atomic E-state index is 10.4. The summed E-state index contributed by atoms with van der Waals surface area (Å²) < 4.78 is 0. The molecule has 0 aromatic heterocycles. The molecule has 0 amide bonds. The molecule has 0 spiro atoms. The van der Waals surface area contributed by atoms with Gasteiger partial charge in [-0.15, -0.1) is 12.4 Å². The van der Waals surface area contributed by atoms with Gasteiger partial charge >= 0.3 is 5.97 Å². The Labute approximate surface area is 97.6 Å². The van der Waals surface area contributed by atoms with Crippen molar-refractivity contribution in [2.75, 3.05) is 0 Å². The lowest BCUT2D eigenvalue weighted by atomic mass is 10.0. The lowest BCUT2D eigenvalue weighted by Gasteiger charge is -2.08. The number of hydrogen-bond donors (Lipinski definition) is 2. The van der Waals surface area contributed by atoms with E-state index in [0.29, 0.717) is 5.56 Å². The number of aliphatic carboxylic acids is 1. The summed E-state index contributed by atoms with van der Waals surface area (Å²) in [6.45, 7) is 0. The molecule has 88 valence electrons. The third-order valence-electron chi connectivity index (χ3n) is 1.93. The van der Waals surface area contributed by atoms with Crippen LogP contribution in [-0.4, -0.2) is 16.0 Å². The molecule has 0 heterocycles. The predicted octanol–water partition coefficient (Wildman–Crippen LogP) is 1.49. The Morgan fingerprint density at radius 1 is 1.44 bits per heavy atom.